The van der Waals surface area contributed by atoms with Crippen molar-refractivity contribution in [2.45, 2.75) is 13.1 Å². The lowest BCUT2D eigenvalue weighted by molar-refractivity contribution is -0.153. The Balaban J connectivity index is 2.98. The lowest BCUT2D eigenvalue weighted by Gasteiger charge is -2.13. The Morgan fingerprint density at radius 2 is 2.19 bits per heavy atom. The van der Waals surface area contributed by atoms with Crippen molar-refractivity contribution in [1.82, 2.24) is 0 Å². The number of hydrogen-bond acceptors (Lipinski definition) is 5. The summed E-state index contributed by atoms with van der Waals surface area (Å²) in [6.45, 7) is 0.269. The molecule has 0 saturated carbocycles. The summed E-state index contributed by atoms with van der Waals surface area (Å²) in [5, 5.41) is 19.3. The lowest BCUT2D eigenvalue weighted by Crippen LogP contribution is -2.22. The predicted molar refractivity (Wildman–Crippen MR) is 71.3 cm³/mol. The maximum absolute atomic E-state index is 12.2. The van der Waals surface area contributed by atoms with Gasteiger partial charge in [0.15, 0.2) is 12.4 Å². The molecule has 21 heavy (non-hydrogen) atoms. The molecule has 0 aliphatic heterocycles. The molecule has 1 aromatic carbocycles. The average molecular weight is 299 g/mol. The number of nitriles is 1. The van der Waals surface area contributed by atoms with Crippen LogP contribution >= 0.6 is 0 Å². The van der Waals surface area contributed by atoms with Crippen LogP contribution in [0.4, 0.5) is 18.9 Å². The maximum Gasteiger partial charge on any atom is 0.422 e. The number of nitrogens with two attached hydrogens (primary N) is 1. The number of halogens is 3. The van der Waals surface area contributed by atoms with Crippen molar-refractivity contribution in [3.63, 3.8) is 0 Å². The van der Waals surface area contributed by atoms with Crippen molar-refractivity contribution in [1.29, 1.82) is 10.7 Å². The molecule has 0 heterocycles. The number of nitrogens with zero attached hydrogens (tertiary/aromatic N) is 2. The molecule has 1 rings (SSSR count). The lowest BCUT2D eigenvalue weighted by atomic mass is 10.2. The van der Waals surface area contributed by atoms with E-state index < -0.39 is 24.3 Å². The van der Waals surface area contributed by atoms with E-state index in [4.69, 9.17) is 16.4 Å². The number of nitrogens with one attached hydrogen (secondary N) is 2. The smallest absolute Gasteiger partial charge is 0.422 e. The van der Waals surface area contributed by atoms with Gasteiger partial charge in [-0.15, -0.1) is 0 Å². The van der Waals surface area contributed by atoms with Gasteiger partial charge < -0.3 is 10.5 Å². The molecule has 9 heteroatoms. The van der Waals surface area contributed by atoms with E-state index in [1.165, 1.54) is 12.1 Å². The zero-order chi connectivity index (χ0) is 16.0. The minimum atomic E-state index is -4.47. The normalized spacial score (nSPS) is 11.7. The standard InChI is InChI=1S/C12H12F3N5O/c1-7-2-3-10(21-6-12(13,14)15)8(4-7)19-20-9(5-16)11(17)18/h2-4,19H,6H2,1H3,(H3,17,18)/b20-9+. The summed E-state index contributed by atoms with van der Waals surface area (Å²) in [6, 6.07) is 5.98. The molecule has 0 fully saturated rings. The van der Waals surface area contributed by atoms with E-state index in [0.29, 0.717) is 0 Å². The molecule has 6 nitrogen and oxygen atoms in total. The fraction of sp³-hybridized carbons (Fsp3) is 0.250. The molecule has 0 spiro atoms. The van der Waals surface area contributed by atoms with Crippen molar-refractivity contribution in [2.24, 2.45) is 10.8 Å². The van der Waals surface area contributed by atoms with Crippen LogP contribution in [0.3, 0.4) is 0 Å². The van der Waals surface area contributed by atoms with Crippen LogP contribution in [0, 0.1) is 23.7 Å². The molecular weight excluding hydrogens is 287 g/mol. The number of hydrogen-bond donors (Lipinski definition) is 3. The Morgan fingerprint density at radius 1 is 1.52 bits per heavy atom. The van der Waals surface area contributed by atoms with E-state index in [1.54, 1.807) is 19.1 Å². The van der Waals surface area contributed by atoms with Gasteiger partial charge in [0.05, 0.1) is 5.69 Å². The predicted octanol–water partition coefficient (Wildman–Crippen LogP) is 2.16. The Hall–Kier alpha value is -2.76. The van der Waals surface area contributed by atoms with Gasteiger partial charge in [0, 0.05) is 0 Å². The highest BCUT2D eigenvalue weighted by atomic mass is 19.4. The minimum absolute atomic E-state index is 0.0810. The van der Waals surface area contributed by atoms with Crippen LogP contribution in [-0.4, -0.2) is 24.3 Å². The quantitative estimate of drug-likeness (QED) is 0.440. The van der Waals surface area contributed by atoms with Gasteiger partial charge in [0.2, 0.25) is 5.71 Å². The van der Waals surface area contributed by atoms with E-state index in [9.17, 15) is 13.2 Å². The largest absolute Gasteiger partial charge is 0.482 e. The summed E-state index contributed by atoms with van der Waals surface area (Å²) < 4.78 is 41.2. The van der Waals surface area contributed by atoms with Gasteiger partial charge in [-0.2, -0.15) is 23.5 Å². The van der Waals surface area contributed by atoms with Crippen molar-refractivity contribution < 1.29 is 17.9 Å². The maximum atomic E-state index is 12.2. The molecule has 4 N–H and O–H groups in total. The fourth-order valence-electron chi connectivity index (χ4n) is 1.28. The summed E-state index contributed by atoms with van der Waals surface area (Å²) >= 11 is 0. The first-order valence-electron chi connectivity index (χ1n) is 5.61. The van der Waals surface area contributed by atoms with Gasteiger partial charge in [-0.25, -0.2) is 0 Å². The third-order valence-electron chi connectivity index (χ3n) is 2.18. The summed E-state index contributed by atoms with van der Waals surface area (Å²) in [6.07, 6.45) is -4.47. The Bertz CT molecular complexity index is 604. The highest BCUT2D eigenvalue weighted by Crippen LogP contribution is 2.27. The van der Waals surface area contributed by atoms with Gasteiger partial charge in [-0.1, -0.05) is 6.07 Å². The summed E-state index contributed by atoms with van der Waals surface area (Å²) in [5.41, 5.74) is 7.97. The van der Waals surface area contributed by atoms with Crippen molar-refractivity contribution in [3.8, 4) is 11.8 Å². The van der Waals surface area contributed by atoms with Crippen LogP contribution in [0.2, 0.25) is 0 Å². The molecule has 112 valence electrons. The number of aryl methyl sites for hydroxylation is 1. The van der Waals surface area contributed by atoms with Crippen LogP contribution in [0.15, 0.2) is 23.3 Å². The third-order valence-corrected chi connectivity index (χ3v) is 2.18. The number of amidine groups is 1. The van der Waals surface area contributed by atoms with Crippen LogP contribution in [0.5, 0.6) is 5.75 Å². The zero-order valence-electron chi connectivity index (χ0n) is 11.0. The molecule has 1 aromatic rings. The Morgan fingerprint density at radius 3 is 2.71 bits per heavy atom. The highest BCUT2D eigenvalue weighted by molar-refractivity contribution is 6.45. The molecule has 0 radical (unpaired) electrons. The first-order valence-corrected chi connectivity index (χ1v) is 5.61. The molecule has 0 bridgehead atoms. The number of rotatable bonds is 5. The van der Waals surface area contributed by atoms with Gasteiger partial charge in [-0.3, -0.25) is 10.8 Å². The van der Waals surface area contributed by atoms with Gasteiger partial charge in [-0.05, 0) is 24.6 Å². The summed E-state index contributed by atoms with van der Waals surface area (Å²) in [7, 11) is 0. The number of ether oxygens (including phenoxy) is 1. The van der Waals surface area contributed by atoms with Crippen molar-refractivity contribution in [3.05, 3.63) is 23.8 Å². The van der Waals surface area contributed by atoms with Crippen molar-refractivity contribution in [2.75, 3.05) is 12.0 Å². The number of hydrazone groups is 1. The van der Waals surface area contributed by atoms with E-state index in [0.717, 1.165) is 5.56 Å². The number of alkyl halides is 3. The van der Waals surface area contributed by atoms with Crippen molar-refractivity contribution >= 4 is 17.2 Å². The first-order chi connectivity index (χ1) is 9.73. The fourth-order valence-corrected chi connectivity index (χ4v) is 1.28. The average Bonchev–Trinajstić information content (AvgIpc) is 2.37. The van der Waals surface area contributed by atoms with Gasteiger partial charge in [0.1, 0.15) is 11.8 Å². The zero-order valence-corrected chi connectivity index (χ0v) is 11.0. The van der Waals surface area contributed by atoms with Crippen LogP contribution in [-0.2, 0) is 0 Å². The SMILES string of the molecule is Cc1ccc(OCC(F)(F)F)c(N/N=C(\C#N)C(=N)N)c1. The molecule has 0 amide bonds. The first kappa shape index (κ1) is 16.3. The Labute approximate surface area is 118 Å². The summed E-state index contributed by atoms with van der Waals surface area (Å²) in [4.78, 5) is 0. The monoisotopic (exact) mass is 299 g/mol. The second-order valence-corrected chi connectivity index (χ2v) is 4.00. The molecule has 0 aliphatic carbocycles. The second kappa shape index (κ2) is 6.60. The molecule has 0 unspecified atom stereocenters. The van der Waals surface area contributed by atoms with E-state index >= 15 is 0 Å². The third kappa shape index (κ3) is 5.40. The van der Waals surface area contributed by atoms with Crippen LogP contribution in [0.1, 0.15) is 5.56 Å². The number of benzene rings is 1. The minimum Gasteiger partial charge on any atom is -0.482 e. The Kier molecular flexibility index (Phi) is 5.12. The van der Waals surface area contributed by atoms with Crippen LogP contribution < -0.4 is 15.9 Å². The summed E-state index contributed by atoms with van der Waals surface area (Å²) in [5.74, 6) is -0.641. The number of anilines is 1. The second-order valence-electron chi connectivity index (χ2n) is 4.00. The van der Waals surface area contributed by atoms with Gasteiger partial charge in [0.25, 0.3) is 0 Å². The molecular formula is C12H12F3N5O. The molecule has 0 saturated heterocycles. The topological polar surface area (TPSA) is 107 Å². The van der Waals surface area contributed by atoms with E-state index in [1.807, 2.05) is 0 Å². The molecule has 0 aromatic heterocycles. The van der Waals surface area contributed by atoms with Crippen LogP contribution in [0.25, 0.3) is 0 Å². The molecule has 0 atom stereocenters. The van der Waals surface area contributed by atoms with E-state index in [2.05, 4.69) is 15.3 Å². The molecule has 0 aliphatic rings. The van der Waals surface area contributed by atoms with Gasteiger partial charge >= 0.3 is 6.18 Å². The highest BCUT2D eigenvalue weighted by Gasteiger charge is 2.28. The van der Waals surface area contributed by atoms with E-state index in [-0.39, 0.29) is 11.4 Å².